The summed E-state index contributed by atoms with van der Waals surface area (Å²) in [5.41, 5.74) is 3.73. The lowest BCUT2D eigenvalue weighted by molar-refractivity contribution is -0.137. The summed E-state index contributed by atoms with van der Waals surface area (Å²) in [4.78, 5) is 14.7. The molecule has 2 aromatic carbocycles. The Labute approximate surface area is 166 Å². The van der Waals surface area contributed by atoms with E-state index in [9.17, 15) is 4.79 Å². The number of carbonyl (C=O) groups is 1. The lowest BCUT2D eigenvalue weighted by atomic mass is 10.1. The van der Waals surface area contributed by atoms with Crippen LogP contribution in [0.4, 0.5) is 0 Å². The minimum absolute atomic E-state index is 0.169. The van der Waals surface area contributed by atoms with E-state index in [-0.39, 0.29) is 6.42 Å². The van der Waals surface area contributed by atoms with Crippen molar-refractivity contribution in [2.45, 2.75) is 62.3 Å². The van der Waals surface area contributed by atoms with Crippen molar-refractivity contribution in [3.63, 3.8) is 0 Å². The molecule has 4 heteroatoms. The molecule has 1 N–H and O–H groups in total. The Morgan fingerprint density at radius 3 is 2.41 bits per heavy atom. The standard InChI is InChI=1S/C23H29NO2S/c1-18-6-4-7-19(14-18)16-24(13-12-23(25)26)17-20-8-5-11-22(15-20)27-21-9-2-3-10-21/h4-8,11,14-15,21H,2-3,9-10,12-13,16-17H2,1H3,(H,25,26). The van der Waals surface area contributed by atoms with Crippen LogP contribution in [0.15, 0.2) is 53.4 Å². The van der Waals surface area contributed by atoms with Crippen molar-refractivity contribution in [1.82, 2.24) is 4.90 Å². The van der Waals surface area contributed by atoms with Crippen molar-refractivity contribution in [3.05, 3.63) is 65.2 Å². The molecule has 0 aromatic heterocycles. The third-order valence-electron chi connectivity index (χ3n) is 5.04. The van der Waals surface area contributed by atoms with Crippen molar-refractivity contribution in [2.75, 3.05) is 6.54 Å². The Kier molecular flexibility index (Phi) is 7.36. The number of carboxylic acid groups (broad SMARTS) is 1. The van der Waals surface area contributed by atoms with Gasteiger partial charge in [0.15, 0.2) is 0 Å². The molecule has 0 heterocycles. The fourth-order valence-electron chi connectivity index (χ4n) is 3.71. The van der Waals surface area contributed by atoms with Gasteiger partial charge in [0, 0.05) is 29.8 Å². The number of carboxylic acids is 1. The summed E-state index contributed by atoms with van der Waals surface area (Å²) in [5.74, 6) is -0.741. The molecule has 0 unspecified atom stereocenters. The summed E-state index contributed by atoms with van der Waals surface area (Å²) < 4.78 is 0. The zero-order valence-corrected chi connectivity index (χ0v) is 16.9. The summed E-state index contributed by atoms with van der Waals surface area (Å²) in [7, 11) is 0. The van der Waals surface area contributed by atoms with E-state index < -0.39 is 5.97 Å². The topological polar surface area (TPSA) is 40.5 Å². The van der Waals surface area contributed by atoms with E-state index in [1.165, 1.54) is 47.3 Å². The predicted molar refractivity (Wildman–Crippen MR) is 112 cm³/mol. The van der Waals surface area contributed by atoms with E-state index in [2.05, 4.69) is 60.4 Å². The van der Waals surface area contributed by atoms with Gasteiger partial charge >= 0.3 is 5.97 Å². The second kappa shape index (κ2) is 9.95. The van der Waals surface area contributed by atoms with Crippen LogP contribution in [0.2, 0.25) is 0 Å². The van der Waals surface area contributed by atoms with Crippen molar-refractivity contribution < 1.29 is 9.90 Å². The zero-order chi connectivity index (χ0) is 19.1. The van der Waals surface area contributed by atoms with Gasteiger partial charge in [-0.1, -0.05) is 54.8 Å². The number of benzene rings is 2. The Balaban J connectivity index is 1.67. The van der Waals surface area contributed by atoms with Crippen LogP contribution in [0.3, 0.4) is 0 Å². The highest BCUT2D eigenvalue weighted by Gasteiger charge is 2.16. The molecular formula is C23H29NO2S. The van der Waals surface area contributed by atoms with Gasteiger partial charge in [-0.3, -0.25) is 9.69 Å². The van der Waals surface area contributed by atoms with E-state index in [1.807, 2.05) is 11.8 Å². The van der Waals surface area contributed by atoms with Gasteiger partial charge in [0.2, 0.25) is 0 Å². The number of rotatable bonds is 9. The summed E-state index contributed by atoms with van der Waals surface area (Å²) in [6.07, 6.45) is 5.54. The number of thioether (sulfide) groups is 1. The van der Waals surface area contributed by atoms with Gasteiger partial charge in [-0.2, -0.15) is 0 Å². The molecule has 0 radical (unpaired) electrons. The van der Waals surface area contributed by atoms with Crippen molar-refractivity contribution >= 4 is 17.7 Å². The third-order valence-corrected chi connectivity index (χ3v) is 6.37. The average Bonchev–Trinajstić information content (AvgIpc) is 3.13. The Morgan fingerprint density at radius 2 is 1.74 bits per heavy atom. The fraction of sp³-hybridized carbons (Fsp3) is 0.435. The predicted octanol–water partition coefficient (Wildman–Crippen LogP) is 5.51. The molecule has 144 valence electrons. The summed E-state index contributed by atoms with van der Waals surface area (Å²) in [5, 5.41) is 9.87. The molecule has 0 atom stereocenters. The van der Waals surface area contributed by atoms with Crippen LogP contribution in [-0.4, -0.2) is 27.8 Å². The van der Waals surface area contributed by atoms with Gasteiger partial charge in [-0.25, -0.2) is 0 Å². The van der Waals surface area contributed by atoms with E-state index >= 15 is 0 Å². The van der Waals surface area contributed by atoms with Gasteiger partial charge < -0.3 is 5.11 Å². The second-order valence-electron chi connectivity index (χ2n) is 7.52. The van der Waals surface area contributed by atoms with Gasteiger partial charge in [0.1, 0.15) is 0 Å². The highest BCUT2D eigenvalue weighted by Crippen LogP contribution is 2.35. The molecular weight excluding hydrogens is 354 g/mol. The number of hydrogen-bond acceptors (Lipinski definition) is 3. The second-order valence-corrected chi connectivity index (χ2v) is 8.89. The minimum Gasteiger partial charge on any atom is -0.481 e. The highest BCUT2D eigenvalue weighted by atomic mass is 32.2. The molecule has 2 aromatic rings. The quantitative estimate of drug-likeness (QED) is 0.620. The molecule has 0 bridgehead atoms. The smallest absolute Gasteiger partial charge is 0.304 e. The molecule has 3 nitrogen and oxygen atoms in total. The molecule has 3 rings (SSSR count). The Hall–Kier alpha value is -1.78. The number of hydrogen-bond donors (Lipinski definition) is 1. The monoisotopic (exact) mass is 383 g/mol. The van der Waals surface area contributed by atoms with Crippen molar-refractivity contribution in [3.8, 4) is 0 Å². The van der Waals surface area contributed by atoms with E-state index in [1.54, 1.807) is 0 Å². The average molecular weight is 384 g/mol. The number of aryl methyl sites for hydroxylation is 1. The summed E-state index contributed by atoms with van der Waals surface area (Å²) in [6.45, 7) is 4.20. The molecule has 0 amide bonds. The first-order valence-electron chi connectivity index (χ1n) is 9.84. The maximum Gasteiger partial charge on any atom is 0.304 e. The van der Waals surface area contributed by atoms with Crippen molar-refractivity contribution in [1.29, 1.82) is 0 Å². The minimum atomic E-state index is -0.741. The normalized spacial score (nSPS) is 14.7. The Bertz CT molecular complexity index is 756. The van der Waals surface area contributed by atoms with Crippen LogP contribution in [0.5, 0.6) is 0 Å². The molecule has 1 fully saturated rings. The first-order chi connectivity index (χ1) is 13.1. The maximum atomic E-state index is 11.1. The van der Waals surface area contributed by atoms with Gasteiger partial charge in [-0.15, -0.1) is 11.8 Å². The number of nitrogens with zero attached hydrogens (tertiary/aromatic N) is 1. The molecule has 1 aliphatic rings. The van der Waals surface area contributed by atoms with Gasteiger partial charge in [-0.05, 0) is 43.0 Å². The summed E-state index contributed by atoms with van der Waals surface area (Å²) in [6, 6.07) is 17.2. The van der Waals surface area contributed by atoms with Crippen LogP contribution >= 0.6 is 11.8 Å². The molecule has 0 spiro atoms. The van der Waals surface area contributed by atoms with E-state index in [0.29, 0.717) is 6.54 Å². The Morgan fingerprint density at radius 1 is 1.07 bits per heavy atom. The number of aliphatic carboxylic acids is 1. The molecule has 0 aliphatic heterocycles. The SMILES string of the molecule is Cc1cccc(CN(CCC(=O)O)Cc2cccc(SC3CCCC3)c2)c1. The van der Waals surface area contributed by atoms with E-state index in [4.69, 9.17) is 5.11 Å². The van der Waals surface area contributed by atoms with Crippen LogP contribution < -0.4 is 0 Å². The first kappa shape index (κ1) is 20.0. The summed E-state index contributed by atoms with van der Waals surface area (Å²) >= 11 is 2.00. The largest absolute Gasteiger partial charge is 0.481 e. The molecule has 1 aliphatic carbocycles. The molecule has 1 saturated carbocycles. The maximum absolute atomic E-state index is 11.1. The van der Waals surface area contributed by atoms with Crippen LogP contribution in [0.1, 0.15) is 48.8 Å². The van der Waals surface area contributed by atoms with Gasteiger partial charge in [0.05, 0.1) is 6.42 Å². The fourth-order valence-corrected chi connectivity index (χ4v) is 5.04. The molecule has 0 saturated heterocycles. The zero-order valence-electron chi connectivity index (χ0n) is 16.1. The van der Waals surface area contributed by atoms with E-state index in [0.717, 1.165) is 18.3 Å². The lowest BCUT2D eigenvalue weighted by Crippen LogP contribution is -2.25. The van der Waals surface area contributed by atoms with Crippen LogP contribution in [0.25, 0.3) is 0 Å². The van der Waals surface area contributed by atoms with Crippen molar-refractivity contribution in [2.24, 2.45) is 0 Å². The van der Waals surface area contributed by atoms with Crippen LogP contribution in [-0.2, 0) is 17.9 Å². The van der Waals surface area contributed by atoms with Gasteiger partial charge in [0.25, 0.3) is 0 Å². The lowest BCUT2D eigenvalue weighted by Gasteiger charge is -2.22. The first-order valence-corrected chi connectivity index (χ1v) is 10.7. The third kappa shape index (κ3) is 6.71. The highest BCUT2D eigenvalue weighted by molar-refractivity contribution is 8.00. The van der Waals surface area contributed by atoms with Crippen LogP contribution in [0, 0.1) is 6.92 Å². The molecule has 27 heavy (non-hydrogen) atoms.